The first kappa shape index (κ1) is 20.6. The first-order chi connectivity index (χ1) is 15.0. The lowest BCUT2D eigenvalue weighted by Gasteiger charge is -2.10. The smallest absolute Gasteiger partial charge is 0.262 e. The van der Waals surface area contributed by atoms with Crippen molar-refractivity contribution in [1.82, 2.24) is 5.16 Å². The number of hydrogen-bond acceptors (Lipinski definition) is 5. The zero-order chi connectivity index (χ0) is 21.8. The van der Waals surface area contributed by atoms with Crippen LogP contribution in [-0.4, -0.2) is 20.7 Å². The Morgan fingerprint density at radius 3 is 2.32 bits per heavy atom. The molecule has 4 rings (SSSR count). The predicted octanol–water partition coefficient (Wildman–Crippen LogP) is 4.88. The summed E-state index contributed by atoms with van der Waals surface area (Å²) in [4.78, 5) is 0.0914. The van der Waals surface area contributed by atoms with Gasteiger partial charge in [0, 0.05) is 12.0 Å². The first-order valence-corrected chi connectivity index (χ1v) is 10.9. The predicted molar refractivity (Wildman–Crippen MR) is 115 cm³/mol. The summed E-state index contributed by atoms with van der Waals surface area (Å²) in [6.45, 7) is 0. The zero-order valence-corrected chi connectivity index (χ0v) is 17.4. The van der Waals surface area contributed by atoms with Crippen molar-refractivity contribution in [2.45, 2.75) is 11.3 Å². The van der Waals surface area contributed by atoms with Gasteiger partial charge in [0.25, 0.3) is 10.0 Å². The van der Waals surface area contributed by atoms with Gasteiger partial charge in [0.05, 0.1) is 12.0 Å². The Kier molecular flexibility index (Phi) is 5.73. The van der Waals surface area contributed by atoms with E-state index in [1.807, 2.05) is 30.3 Å². The summed E-state index contributed by atoms with van der Waals surface area (Å²) >= 11 is 0. The molecule has 0 spiro atoms. The number of nitrogens with one attached hydrogen (secondary N) is 1. The Bertz CT molecular complexity index is 1290. The van der Waals surface area contributed by atoms with Gasteiger partial charge in [-0.15, -0.1) is 0 Å². The maximum Gasteiger partial charge on any atom is 0.262 e. The average Bonchev–Trinajstić information content (AvgIpc) is 3.16. The molecule has 0 unspecified atom stereocenters. The molecule has 0 amide bonds. The molecule has 1 heterocycles. The second-order valence-corrected chi connectivity index (χ2v) is 8.44. The van der Waals surface area contributed by atoms with Crippen molar-refractivity contribution in [2.75, 3.05) is 11.8 Å². The Morgan fingerprint density at radius 1 is 1.00 bits per heavy atom. The van der Waals surface area contributed by atoms with Crippen LogP contribution >= 0.6 is 0 Å². The molecule has 158 valence electrons. The molecule has 0 radical (unpaired) electrons. The molecule has 0 aliphatic heterocycles. The molecule has 0 saturated heterocycles. The zero-order valence-electron chi connectivity index (χ0n) is 16.6. The van der Waals surface area contributed by atoms with Gasteiger partial charge in [0.1, 0.15) is 11.4 Å². The minimum atomic E-state index is -3.92. The Hall–Kier alpha value is -3.65. The molecule has 0 aliphatic rings. The van der Waals surface area contributed by atoms with E-state index in [2.05, 4.69) is 9.88 Å². The number of hydrogen-bond donors (Lipinski definition) is 1. The molecule has 31 heavy (non-hydrogen) atoms. The Labute approximate surface area is 179 Å². The van der Waals surface area contributed by atoms with Gasteiger partial charge >= 0.3 is 0 Å². The van der Waals surface area contributed by atoms with Crippen molar-refractivity contribution < 1.29 is 22.1 Å². The molecule has 6 nitrogen and oxygen atoms in total. The number of nitrogens with zero attached hydrogens (tertiary/aromatic N) is 1. The average molecular weight is 438 g/mol. The number of anilines is 1. The third-order valence-electron chi connectivity index (χ3n) is 4.69. The van der Waals surface area contributed by atoms with Gasteiger partial charge in [0.2, 0.25) is 0 Å². The largest absolute Gasteiger partial charge is 0.494 e. The van der Waals surface area contributed by atoms with E-state index in [1.165, 1.54) is 31.4 Å². The minimum absolute atomic E-state index is 0.0724. The molecule has 8 heteroatoms. The maximum absolute atomic E-state index is 14.3. The van der Waals surface area contributed by atoms with E-state index in [0.29, 0.717) is 17.7 Å². The summed E-state index contributed by atoms with van der Waals surface area (Å²) < 4.78 is 53.3. The van der Waals surface area contributed by atoms with Gasteiger partial charge in [-0.05, 0) is 35.9 Å². The van der Waals surface area contributed by atoms with Crippen LogP contribution in [0, 0.1) is 5.82 Å². The van der Waals surface area contributed by atoms with Gasteiger partial charge in [-0.3, -0.25) is 4.72 Å². The van der Waals surface area contributed by atoms with Crippen molar-refractivity contribution in [3.8, 4) is 17.0 Å². The van der Waals surface area contributed by atoms with E-state index < -0.39 is 15.8 Å². The van der Waals surface area contributed by atoms with Crippen LogP contribution < -0.4 is 9.46 Å². The van der Waals surface area contributed by atoms with E-state index >= 15 is 0 Å². The number of rotatable bonds is 7. The Balaban J connectivity index is 1.79. The quantitative estimate of drug-likeness (QED) is 0.445. The molecule has 4 aromatic rings. The number of methoxy groups -OCH3 is 1. The molecular weight excluding hydrogens is 419 g/mol. The SMILES string of the molecule is COc1ccc(-c2noc(Cc3ccccc3)c2NS(=O)(=O)c2ccccc2)cc1F. The van der Waals surface area contributed by atoms with Gasteiger partial charge in [-0.25, -0.2) is 12.8 Å². The van der Waals surface area contributed by atoms with Crippen LogP contribution in [0.3, 0.4) is 0 Å². The molecule has 0 bridgehead atoms. The third kappa shape index (κ3) is 4.44. The highest BCUT2D eigenvalue weighted by Gasteiger charge is 2.24. The summed E-state index contributed by atoms with van der Waals surface area (Å²) in [6, 6.07) is 21.6. The fraction of sp³-hybridized carbons (Fsp3) is 0.0870. The van der Waals surface area contributed by atoms with Crippen LogP contribution in [0.15, 0.2) is 88.3 Å². The van der Waals surface area contributed by atoms with Crippen molar-refractivity contribution in [3.05, 3.63) is 96.0 Å². The highest BCUT2D eigenvalue weighted by atomic mass is 32.2. The summed E-state index contributed by atoms with van der Waals surface area (Å²) in [5, 5.41) is 4.05. The van der Waals surface area contributed by atoms with Gasteiger partial charge in [0.15, 0.2) is 17.3 Å². The van der Waals surface area contributed by atoms with Crippen LogP contribution in [0.4, 0.5) is 10.1 Å². The normalized spacial score (nSPS) is 11.3. The van der Waals surface area contributed by atoms with Crippen molar-refractivity contribution in [1.29, 1.82) is 0 Å². The van der Waals surface area contributed by atoms with Crippen LogP contribution in [0.25, 0.3) is 11.3 Å². The molecule has 0 fully saturated rings. The Morgan fingerprint density at radius 2 is 1.68 bits per heavy atom. The number of halogens is 1. The summed E-state index contributed by atoms with van der Waals surface area (Å²) in [7, 11) is -2.55. The topological polar surface area (TPSA) is 81.4 Å². The van der Waals surface area contributed by atoms with E-state index in [9.17, 15) is 12.8 Å². The van der Waals surface area contributed by atoms with Gasteiger partial charge < -0.3 is 9.26 Å². The number of benzene rings is 3. The van der Waals surface area contributed by atoms with Gasteiger partial charge in [-0.1, -0.05) is 53.7 Å². The summed E-state index contributed by atoms with van der Waals surface area (Å²) in [5.74, 6) is -0.204. The second-order valence-electron chi connectivity index (χ2n) is 6.76. The molecular formula is C23H19FN2O4S. The van der Waals surface area contributed by atoms with Crippen LogP contribution in [-0.2, 0) is 16.4 Å². The molecule has 1 N–H and O–H groups in total. The summed E-state index contributed by atoms with van der Waals surface area (Å²) in [5.41, 5.74) is 1.61. The maximum atomic E-state index is 14.3. The van der Waals surface area contributed by atoms with E-state index in [-0.39, 0.29) is 22.0 Å². The van der Waals surface area contributed by atoms with Crippen LogP contribution in [0.1, 0.15) is 11.3 Å². The number of ether oxygens (including phenoxy) is 1. The van der Waals surface area contributed by atoms with Crippen molar-refractivity contribution >= 4 is 15.7 Å². The first-order valence-electron chi connectivity index (χ1n) is 9.42. The van der Waals surface area contributed by atoms with E-state index in [4.69, 9.17) is 9.26 Å². The van der Waals surface area contributed by atoms with Gasteiger partial charge in [-0.2, -0.15) is 0 Å². The summed E-state index contributed by atoms with van der Waals surface area (Å²) in [6.07, 6.45) is 0.305. The fourth-order valence-electron chi connectivity index (χ4n) is 3.13. The van der Waals surface area contributed by atoms with Crippen LogP contribution in [0.2, 0.25) is 0 Å². The van der Waals surface area contributed by atoms with E-state index in [1.54, 1.807) is 24.3 Å². The lowest BCUT2D eigenvalue weighted by atomic mass is 10.1. The molecule has 0 saturated carbocycles. The molecule has 0 aliphatic carbocycles. The third-order valence-corrected chi connectivity index (χ3v) is 6.05. The lowest BCUT2D eigenvalue weighted by molar-refractivity contribution is 0.386. The minimum Gasteiger partial charge on any atom is -0.494 e. The van der Waals surface area contributed by atoms with Crippen LogP contribution in [0.5, 0.6) is 5.75 Å². The lowest BCUT2D eigenvalue weighted by Crippen LogP contribution is -2.14. The molecule has 3 aromatic carbocycles. The van der Waals surface area contributed by atoms with Crippen molar-refractivity contribution in [2.24, 2.45) is 0 Å². The van der Waals surface area contributed by atoms with Crippen molar-refractivity contribution in [3.63, 3.8) is 0 Å². The molecule has 0 atom stereocenters. The van der Waals surface area contributed by atoms with E-state index in [0.717, 1.165) is 5.56 Å². The highest BCUT2D eigenvalue weighted by Crippen LogP contribution is 2.35. The standard InChI is InChI=1S/C23H19FN2O4S/c1-29-20-13-12-17(15-19(20)24)22-23(26-31(27,28)18-10-6-3-7-11-18)21(30-25-22)14-16-8-4-2-5-9-16/h2-13,15,26H,14H2,1H3. The fourth-order valence-corrected chi connectivity index (χ4v) is 4.25. The molecule has 1 aromatic heterocycles. The number of sulfonamides is 1. The second kappa shape index (κ2) is 8.61. The highest BCUT2D eigenvalue weighted by molar-refractivity contribution is 7.92. The number of aromatic nitrogens is 1. The monoisotopic (exact) mass is 438 g/mol.